The summed E-state index contributed by atoms with van der Waals surface area (Å²) in [5, 5.41) is 13.3. The summed E-state index contributed by atoms with van der Waals surface area (Å²) in [4.78, 5) is 21.5. The molecule has 0 saturated carbocycles. The number of nitrogens with one attached hydrogen (secondary N) is 1. The van der Waals surface area contributed by atoms with E-state index >= 15 is 0 Å². The SMILES string of the molecule is CCOc1ccccc1N=c1oc2cc(O)ccc2cc1C(=O)Nc1ccncc1. The van der Waals surface area contributed by atoms with Crippen molar-refractivity contribution in [3.05, 3.63) is 84.2 Å². The Morgan fingerprint density at radius 1 is 1.13 bits per heavy atom. The van der Waals surface area contributed by atoms with Gasteiger partial charge in [-0.15, -0.1) is 0 Å². The molecule has 0 spiro atoms. The fourth-order valence-corrected chi connectivity index (χ4v) is 2.92. The number of para-hydroxylation sites is 2. The van der Waals surface area contributed by atoms with Gasteiger partial charge in [-0.2, -0.15) is 0 Å². The van der Waals surface area contributed by atoms with Crippen LogP contribution >= 0.6 is 0 Å². The number of hydrogen-bond donors (Lipinski definition) is 2. The van der Waals surface area contributed by atoms with E-state index in [2.05, 4.69) is 15.3 Å². The van der Waals surface area contributed by atoms with Crippen molar-refractivity contribution >= 4 is 28.3 Å². The maximum absolute atomic E-state index is 13.0. The third-order valence-corrected chi connectivity index (χ3v) is 4.30. The fraction of sp³-hybridized carbons (Fsp3) is 0.0870. The Kier molecular flexibility index (Phi) is 5.43. The van der Waals surface area contributed by atoms with Crippen molar-refractivity contribution in [2.24, 2.45) is 4.99 Å². The third-order valence-electron chi connectivity index (χ3n) is 4.30. The van der Waals surface area contributed by atoms with E-state index in [1.54, 1.807) is 48.8 Å². The first-order valence-corrected chi connectivity index (χ1v) is 9.39. The molecule has 2 N–H and O–H groups in total. The molecule has 150 valence electrons. The van der Waals surface area contributed by atoms with Crippen molar-refractivity contribution in [2.45, 2.75) is 6.92 Å². The van der Waals surface area contributed by atoms with E-state index in [1.165, 1.54) is 12.1 Å². The van der Waals surface area contributed by atoms with Gasteiger partial charge in [0.2, 0.25) is 5.55 Å². The van der Waals surface area contributed by atoms with Gasteiger partial charge in [-0.25, -0.2) is 4.99 Å². The minimum absolute atomic E-state index is 0.0564. The van der Waals surface area contributed by atoms with Crippen molar-refractivity contribution in [3.8, 4) is 11.5 Å². The Morgan fingerprint density at radius 2 is 1.93 bits per heavy atom. The zero-order valence-electron chi connectivity index (χ0n) is 16.2. The fourth-order valence-electron chi connectivity index (χ4n) is 2.92. The average Bonchev–Trinajstić information content (AvgIpc) is 2.75. The quantitative estimate of drug-likeness (QED) is 0.516. The largest absolute Gasteiger partial charge is 0.508 e. The lowest BCUT2D eigenvalue weighted by molar-refractivity contribution is 0.102. The maximum Gasteiger partial charge on any atom is 0.261 e. The summed E-state index contributed by atoms with van der Waals surface area (Å²) >= 11 is 0. The minimum Gasteiger partial charge on any atom is -0.508 e. The van der Waals surface area contributed by atoms with Gasteiger partial charge in [-0.3, -0.25) is 9.78 Å². The zero-order chi connectivity index (χ0) is 20.9. The number of hydrogen-bond acceptors (Lipinski definition) is 6. The first-order chi connectivity index (χ1) is 14.6. The Balaban J connectivity index is 1.88. The van der Waals surface area contributed by atoms with Crippen LogP contribution in [0.1, 0.15) is 17.3 Å². The molecule has 0 fully saturated rings. The number of aromatic nitrogens is 1. The summed E-state index contributed by atoms with van der Waals surface area (Å²) in [5.41, 5.74) is 1.88. The van der Waals surface area contributed by atoms with E-state index in [-0.39, 0.29) is 22.8 Å². The molecule has 0 bridgehead atoms. The van der Waals surface area contributed by atoms with Crippen LogP contribution in [-0.4, -0.2) is 22.6 Å². The lowest BCUT2D eigenvalue weighted by Gasteiger charge is -2.08. The normalized spacial score (nSPS) is 11.4. The van der Waals surface area contributed by atoms with E-state index in [0.29, 0.717) is 34.7 Å². The van der Waals surface area contributed by atoms with Gasteiger partial charge in [0, 0.05) is 29.5 Å². The molecule has 1 amide bonds. The van der Waals surface area contributed by atoms with Crippen LogP contribution in [-0.2, 0) is 0 Å². The first kappa shape index (κ1) is 19.2. The predicted octanol–water partition coefficient (Wildman–Crippen LogP) is 4.42. The Hall–Kier alpha value is -4.13. The van der Waals surface area contributed by atoms with E-state index in [4.69, 9.17) is 9.15 Å². The third kappa shape index (κ3) is 4.15. The standard InChI is InChI=1S/C23H19N3O4/c1-2-29-20-6-4-3-5-19(20)26-23-18(22(28)25-16-9-11-24-12-10-16)13-15-7-8-17(27)14-21(15)30-23/h3-14,27H,2H2,1H3,(H,24,25,28). The first-order valence-electron chi connectivity index (χ1n) is 9.39. The van der Waals surface area contributed by atoms with E-state index in [1.807, 2.05) is 19.1 Å². The van der Waals surface area contributed by atoms with Gasteiger partial charge in [0.1, 0.15) is 28.3 Å². The molecule has 2 aromatic heterocycles. The summed E-state index contributed by atoms with van der Waals surface area (Å²) < 4.78 is 11.5. The van der Waals surface area contributed by atoms with Crippen LogP contribution in [0.2, 0.25) is 0 Å². The molecule has 4 aromatic rings. The predicted molar refractivity (Wildman–Crippen MR) is 113 cm³/mol. The Morgan fingerprint density at radius 3 is 2.73 bits per heavy atom. The molecular formula is C23H19N3O4. The Bertz CT molecular complexity index is 1270. The van der Waals surface area contributed by atoms with Gasteiger partial charge < -0.3 is 19.6 Å². The molecule has 0 aliphatic rings. The van der Waals surface area contributed by atoms with Gasteiger partial charge >= 0.3 is 0 Å². The topological polar surface area (TPSA) is 97.0 Å². The van der Waals surface area contributed by atoms with Gasteiger partial charge in [0.15, 0.2) is 0 Å². The summed E-state index contributed by atoms with van der Waals surface area (Å²) in [6.07, 6.45) is 3.18. The number of nitrogens with zero attached hydrogens (tertiary/aromatic N) is 2. The molecule has 0 saturated heterocycles. The van der Waals surface area contributed by atoms with Crippen molar-refractivity contribution in [1.82, 2.24) is 4.98 Å². The highest BCUT2D eigenvalue weighted by molar-refractivity contribution is 6.05. The molecule has 0 radical (unpaired) electrons. The highest BCUT2D eigenvalue weighted by atomic mass is 16.5. The lowest BCUT2D eigenvalue weighted by atomic mass is 10.1. The van der Waals surface area contributed by atoms with E-state index in [9.17, 15) is 9.90 Å². The van der Waals surface area contributed by atoms with Crippen molar-refractivity contribution in [1.29, 1.82) is 0 Å². The summed E-state index contributed by atoms with van der Waals surface area (Å²) in [7, 11) is 0. The summed E-state index contributed by atoms with van der Waals surface area (Å²) in [6.45, 7) is 2.36. The lowest BCUT2D eigenvalue weighted by Crippen LogP contribution is -2.21. The molecule has 7 heteroatoms. The summed E-state index contributed by atoms with van der Waals surface area (Å²) in [6, 6.07) is 17.0. The number of phenols is 1. The average molecular weight is 401 g/mol. The van der Waals surface area contributed by atoms with Crippen LogP contribution in [0.15, 0.2) is 82.5 Å². The number of amides is 1. The second-order valence-electron chi connectivity index (χ2n) is 6.39. The molecule has 30 heavy (non-hydrogen) atoms. The molecule has 2 aromatic carbocycles. The minimum atomic E-state index is -0.382. The van der Waals surface area contributed by atoms with Crippen molar-refractivity contribution in [3.63, 3.8) is 0 Å². The second-order valence-corrected chi connectivity index (χ2v) is 6.39. The van der Waals surface area contributed by atoms with Gasteiger partial charge in [0.25, 0.3) is 5.91 Å². The van der Waals surface area contributed by atoms with Crippen LogP contribution in [0.4, 0.5) is 11.4 Å². The number of rotatable bonds is 5. The number of anilines is 1. The molecule has 0 atom stereocenters. The number of phenolic OH excluding ortho intramolecular Hbond substituents is 1. The van der Waals surface area contributed by atoms with Crippen molar-refractivity contribution in [2.75, 3.05) is 11.9 Å². The number of carbonyl (C=O) groups excluding carboxylic acids is 1. The highest BCUT2D eigenvalue weighted by Gasteiger charge is 2.14. The number of pyridine rings is 1. The van der Waals surface area contributed by atoms with Gasteiger partial charge in [-0.1, -0.05) is 12.1 Å². The number of benzene rings is 2. The molecule has 0 aliphatic heterocycles. The molecule has 2 heterocycles. The number of aromatic hydroxyl groups is 1. The van der Waals surface area contributed by atoms with E-state index in [0.717, 1.165) is 0 Å². The zero-order valence-corrected chi connectivity index (χ0v) is 16.2. The molecule has 7 nitrogen and oxygen atoms in total. The number of fused-ring (bicyclic) bond motifs is 1. The van der Waals surface area contributed by atoms with E-state index < -0.39 is 0 Å². The maximum atomic E-state index is 13.0. The molecule has 0 unspecified atom stereocenters. The molecule has 0 aliphatic carbocycles. The van der Waals surface area contributed by atoms with Crippen LogP contribution in [0.3, 0.4) is 0 Å². The number of carbonyl (C=O) groups is 1. The van der Waals surface area contributed by atoms with Crippen LogP contribution < -0.4 is 15.6 Å². The smallest absolute Gasteiger partial charge is 0.261 e. The van der Waals surface area contributed by atoms with Crippen LogP contribution in [0.5, 0.6) is 11.5 Å². The van der Waals surface area contributed by atoms with Crippen molar-refractivity contribution < 1.29 is 19.1 Å². The summed E-state index contributed by atoms with van der Waals surface area (Å²) in [5.74, 6) is 0.250. The number of ether oxygens (including phenoxy) is 1. The van der Waals surface area contributed by atoms with Crippen LogP contribution in [0.25, 0.3) is 11.0 Å². The van der Waals surface area contributed by atoms with Gasteiger partial charge in [-0.05, 0) is 49.4 Å². The van der Waals surface area contributed by atoms with Crippen LogP contribution in [0, 0.1) is 0 Å². The highest BCUT2D eigenvalue weighted by Crippen LogP contribution is 2.27. The second kappa shape index (κ2) is 8.48. The monoisotopic (exact) mass is 401 g/mol. The molecular weight excluding hydrogens is 382 g/mol. The molecule has 4 rings (SSSR count). The Labute approximate surface area is 172 Å². The van der Waals surface area contributed by atoms with Gasteiger partial charge in [0.05, 0.1) is 6.61 Å².